The van der Waals surface area contributed by atoms with Gasteiger partial charge in [-0.15, -0.1) is 13.2 Å². The lowest BCUT2D eigenvalue weighted by Gasteiger charge is -2.14. The lowest BCUT2D eigenvalue weighted by Crippen LogP contribution is -2.17. The van der Waals surface area contributed by atoms with Crippen LogP contribution in [0, 0.1) is 17.7 Å². The molecule has 1 aliphatic rings. The summed E-state index contributed by atoms with van der Waals surface area (Å²) < 4.78 is 56.7. The molecule has 5 rings (SSSR count). The first kappa shape index (κ1) is 24.2. The third-order valence-electron chi connectivity index (χ3n) is 6.51. The van der Waals surface area contributed by atoms with Crippen LogP contribution in [0.2, 0.25) is 0 Å². The van der Waals surface area contributed by atoms with Crippen molar-refractivity contribution in [3.05, 3.63) is 72.0 Å². The lowest BCUT2D eigenvalue weighted by atomic mass is 9.89. The molecule has 0 amide bonds. The molecule has 1 heterocycles. The number of rotatable bonds is 6. The van der Waals surface area contributed by atoms with E-state index < -0.39 is 12.2 Å². The molecule has 36 heavy (non-hydrogen) atoms. The minimum atomic E-state index is -4.78. The number of nitrogens with one attached hydrogen (secondary N) is 1. The number of carbonyl (C=O) groups is 1. The van der Waals surface area contributed by atoms with E-state index in [0.29, 0.717) is 32.4 Å². The molecule has 0 radical (unpaired) electrons. The van der Waals surface area contributed by atoms with Gasteiger partial charge in [-0.3, -0.25) is 4.79 Å². The van der Waals surface area contributed by atoms with Gasteiger partial charge in [-0.25, -0.2) is 9.37 Å². The molecule has 1 saturated carbocycles. The van der Waals surface area contributed by atoms with Gasteiger partial charge >= 0.3 is 6.36 Å². The van der Waals surface area contributed by atoms with Crippen LogP contribution in [0.3, 0.4) is 0 Å². The number of thiazole rings is 1. The van der Waals surface area contributed by atoms with Gasteiger partial charge in [0.1, 0.15) is 11.6 Å². The summed E-state index contributed by atoms with van der Waals surface area (Å²) in [5, 5.41) is 3.23. The normalized spacial score (nSPS) is 17.9. The Morgan fingerprint density at radius 2 is 1.78 bits per heavy atom. The Bertz CT molecular complexity index is 1420. The van der Waals surface area contributed by atoms with Crippen LogP contribution in [0.25, 0.3) is 21.3 Å². The van der Waals surface area contributed by atoms with Crippen molar-refractivity contribution in [2.45, 2.75) is 32.5 Å². The monoisotopic (exact) mass is 514 g/mol. The summed E-state index contributed by atoms with van der Waals surface area (Å²) in [6.45, 7) is 2.12. The zero-order valence-corrected chi connectivity index (χ0v) is 20.0. The van der Waals surface area contributed by atoms with Crippen LogP contribution in [0.1, 0.15) is 36.5 Å². The molecule has 0 aliphatic heterocycles. The first-order valence-corrected chi connectivity index (χ1v) is 12.4. The highest BCUT2D eigenvalue weighted by Gasteiger charge is 2.31. The Kier molecular flexibility index (Phi) is 6.42. The minimum Gasteiger partial charge on any atom is -0.406 e. The summed E-state index contributed by atoms with van der Waals surface area (Å²) in [6.07, 6.45) is -1.69. The number of alkyl halides is 3. The zero-order valence-electron chi connectivity index (χ0n) is 19.2. The van der Waals surface area contributed by atoms with E-state index in [0.717, 1.165) is 36.2 Å². The number of ether oxygens (including phenoxy) is 1. The van der Waals surface area contributed by atoms with Crippen molar-refractivity contribution in [1.82, 2.24) is 4.98 Å². The molecule has 0 unspecified atom stereocenters. The average Bonchev–Trinajstić information content (AvgIpc) is 3.44. The van der Waals surface area contributed by atoms with E-state index in [4.69, 9.17) is 0 Å². The number of hydrogen-bond acceptors (Lipinski definition) is 5. The van der Waals surface area contributed by atoms with E-state index in [2.05, 4.69) is 22.0 Å². The van der Waals surface area contributed by atoms with E-state index in [1.54, 1.807) is 24.3 Å². The van der Waals surface area contributed by atoms with Gasteiger partial charge in [0.2, 0.25) is 0 Å². The molecule has 4 nitrogen and oxygen atoms in total. The third-order valence-corrected chi connectivity index (χ3v) is 7.44. The Labute approximate surface area is 208 Å². The minimum absolute atomic E-state index is 0.0740. The van der Waals surface area contributed by atoms with Crippen LogP contribution >= 0.6 is 11.3 Å². The molecular weight excluding hydrogens is 492 g/mol. The van der Waals surface area contributed by atoms with Crippen molar-refractivity contribution in [3.8, 4) is 16.9 Å². The maximum Gasteiger partial charge on any atom is 0.573 e. The molecule has 1 N–H and O–H groups in total. The third kappa shape index (κ3) is 5.21. The number of halogens is 4. The molecule has 3 aromatic carbocycles. The van der Waals surface area contributed by atoms with Crippen molar-refractivity contribution < 1.29 is 27.1 Å². The van der Waals surface area contributed by atoms with Crippen LogP contribution in [-0.4, -0.2) is 17.1 Å². The van der Waals surface area contributed by atoms with Crippen LogP contribution in [0.5, 0.6) is 5.75 Å². The molecule has 186 valence electrons. The molecule has 1 aliphatic carbocycles. The number of nitrogens with zero attached hydrogens (tertiary/aromatic N) is 1. The summed E-state index contributed by atoms with van der Waals surface area (Å²) in [7, 11) is 0. The molecule has 4 aromatic rings. The molecular formula is C27H22F4N2O2S. The number of fused-ring (bicyclic) bond motifs is 1. The topological polar surface area (TPSA) is 51.2 Å². The predicted molar refractivity (Wildman–Crippen MR) is 132 cm³/mol. The molecule has 0 saturated heterocycles. The van der Waals surface area contributed by atoms with Gasteiger partial charge in [0.05, 0.1) is 15.9 Å². The second-order valence-electron chi connectivity index (χ2n) is 8.97. The largest absolute Gasteiger partial charge is 0.573 e. The number of aromatic nitrogens is 1. The smallest absolute Gasteiger partial charge is 0.406 e. The van der Waals surface area contributed by atoms with Crippen LogP contribution in [0.15, 0.2) is 60.7 Å². The van der Waals surface area contributed by atoms with Crippen LogP contribution in [-0.2, 0) is 0 Å². The van der Waals surface area contributed by atoms with Crippen molar-refractivity contribution in [3.63, 3.8) is 0 Å². The fraction of sp³-hybridized carbons (Fsp3) is 0.259. The number of hydrogen-bond donors (Lipinski definition) is 1. The van der Waals surface area contributed by atoms with Gasteiger partial charge in [-0.1, -0.05) is 55.0 Å². The fourth-order valence-electron chi connectivity index (χ4n) is 4.64. The van der Waals surface area contributed by atoms with Gasteiger partial charge in [0.25, 0.3) is 0 Å². The van der Waals surface area contributed by atoms with Gasteiger partial charge in [0, 0.05) is 17.5 Å². The maximum atomic E-state index is 14.9. The number of benzene rings is 3. The Hall–Kier alpha value is -3.46. The van der Waals surface area contributed by atoms with Crippen molar-refractivity contribution in [2.24, 2.45) is 11.8 Å². The summed E-state index contributed by atoms with van der Waals surface area (Å²) in [5.41, 5.74) is 2.77. The van der Waals surface area contributed by atoms with Crippen molar-refractivity contribution in [1.29, 1.82) is 0 Å². The van der Waals surface area contributed by atoms with Crippen LogP contribution in [0.4, 0.5) is 28.4 Å². The molecule has 0 spiro atoms. The quantitative estimate of drug-likeness (QED) is 0.207. The predicted octanol–water partition coefficient (Wildman–Crippen LogP) is 8.36. The highest BCUT2D eigenvalue weighted by Crippen LogP contribution is 2.36. The van der Waals surface area contributed by atoms with Gasteiger partial charge < -0.3 is 10.1 Å². The lowest BCUT2D eigenvalue weighted by molar-refractivity contribution is -0.274. The molecule has 9 heteroatoms. The van der Waals surface area contributed by atoms with Gasteiger partial charge in [-0.2, -0.15) is 0 Å². The molecule has 2 atom stereocenters. The van der Waals surface area contributed by atoms with E-state index in [1.807, 2.05) is 12.1 Å². The Morgan fingerprint density at radius 3 is 2.44 bits per heavy atom. The highest BCUT2D eigenvalue weighted by atomic mass is 32.1. The first-order valence-electron chi connectivity index (χ1n) is 11.5. The average molecular weight is 515 g/mol. The van der Waals surface area contributed by atoms with E-state index in [9.17, 15) is 22.4 Å². The standard InChI is InChI=1S/C27H22F4N2O2S/c1-15-3-2-4-20(15)25(34)17-7-5-16(6-8-17)18-9-11-22(21(28)13-18)32-26-33-23-12-10-19(14-24(23)36-26)35-27(29,30)31/h5-15,20H,2-4H2,1H3,(H,32,33)/t15-,20-/m1/s1. The van der Waals surface area contributed by atoms with Gasteiger partial charge in [-0.05, 0) is 54.2 Å². The molecule has 0 bridgehead atoms. The SMILES string of the molecule is C[C@@H]1CCC[C@H]1C(=O)c1ccc(-c2ccc(Nc3nc4ccc(OC(F)(F)F)cc4s3)c(F)c2)cc1. The van der Waals surface area contributed by atoms with E-state index in [1.165, 1.54) is 24.3 Å². The Morgan fingerprint density at radius 1 is 1.03 bits per heavy atom. The summed E-state index contributed by atoms with van der Waals surface area (Å²) in [5.74, 6) is -0.203. The molecule has 1 fully saturated rings. The van der Waals surface area contributed by atoms with E-state index >= 15 is 0 Å². The van der Waals surface area contributed by atoms with Crippen molar-refractivity contribution >= 4 is 38.2 Å². The number of anilines is 2. The molecule has 1 aromatic heterocycles. The second-order valence-corrected chi connectivity index (χ2v) is 10.0. The summed E-state index contributed by atoms with van der Waals surface area (Å²) in [4.78, 5) is 17.1. The maximum absolute atomic E-state index is 14.9. The highest BCUT2D eigenvalue weighted by molar-refractivity contribution is 7.22. The second kappa shape index (κ2) is 9.54. The fourth-order valence-corrected chi connectivity index (χ4v) is 5.55. The summed E-state index contributed by atoms with van der Waals surface area (Å²) in [6, 6.07) is 15.8. The Balaban J connectivity index is 1.31. The number of Topliss-reactive ketones (excluding diaryl/α,β-unsaturated/α-hetero) is 1. The number of carbonyl (C=O) groups excluding carboxylic acids is 1. The zero-order chi connectivity index (χ0) is 25.4. The summed E-state index contributed by atoms with van der Waals surface area (Å²) >= 11 is 1.09. The first-order chi connectivity index (χ1) is 17.2. The van der Waals surface area contributed by atoms with E-state index in [-0.39, 0.29) is 23.1 Å². The van der Waals surface area contributed by atoms with Crippen LogP contribution < -0.4 is 10.1 Å². The van der Waals surface area contributed by atoms with Crippen molar-refractivity contribution in [2.75, 3.05) is 5.32 Å². The van der Waals surface area contributed by atoms with Gasteiger partial charge in [0.15, 0.2) is 10.9 Å². The number of ketones is 1.